The molecule has 0 aliphatic carbocycles. The normalized spacial score (nSPS) is 9.36. The number of rotatable bonds is 4. The summed E-state index contributed by atoms with van der Waals surface area (Å²) in [6.07, 6.45) is -0.262. The molecule has 0 aliphatic heterocycles. The zero-order chi connectivity index (χ0) is 8.69. The molecule has 4 heteroatoms. The molecule has 1 amide bonds. The Balaban J connectivity index is 3.36. The van der Waals surface area contributed by atoms with E-state index in [1.165, 1.54) is 7.11 Å². The Morgan fingerprint density at radius 2 is 2.27 bits per heavy atom. The van der Waals surface area contributed by atoms with Crippen molar-refractivity contribution in [2.45, 2.75) is 6.92 Å². The maximum Gasteiger partial charge on any atom is 0.409 e. The number of carbonyl (C=O) groups excluding carboxylic acids is 1. The first kappa shape index (κ1) is 10.6. The van der Waals surface area contributed by atoms with Crippen LogP contribution in [0.4, 0.5) is 4.79 Å². The Kier molecular flexibility index (Phi) is 6.12. The highest BCUT2D eigenvalue weighted by Gasteiger charge is 2.05. The van der Waals surface area contributed by atoms with Crippen LogP contribution in [0.5, 0.6) is 0 Å². The molecule has 0 fully saturated rings. The summed E-state index contributed by atoms with van der Waals surface area (Å²) < 4.78 is 4.52. The van der Waals surface area contributed by atoms with Gasteiger partial charge in [0.1, 0.15) is 0 Å². The van der Waals surface area contributed by atoms with Crippen LogP contribution in [0.15, 0.2) is 0 Å². The molecule has 0 aromatic carbocycles. The summed E-state index contributed by atoms with van der Waals surface area (Å²) in [6.45, 7) is 2.86. The van der Waals surface area contributed by atoms with Gasteiger partial charge in [-0.3, -0.25) is 0 Å². The van der Waals surface area contributed by atoms with Crippen LogP contribution in [0.25, 0.3) is 0 Å². The van der Waals surface area contributed by atoms with E-state index in [-0.39, 0.29) is 6.09 Å². The molecule has 0 rings (SSSR count). The largest absolute Gasteiger partial charge is 0.453 e. The van der Waals surface area contributed by atoms with E-state index >= 15 is 0 Å². The minimum Gasteiger partial charge on any atom is -0.453 e. The number of hydrogen-bond donors (Lipinski definition) is 0. The van der Waals surface area contributed by atoms with Crippen molar-refractivity contribution >= 4 is 17.9 Å². The molecule has 0 radical (unpaired) electrons. The van der Waals surface area contributed by atoms with Gasteiger partial charge in [-0.25, -0.2) is 4.79 Å². The van der Waals surface area contributed by atoms with E-state index in [9.17, 15) is 4.79 Å². The van der Waals surface area contributed by atoms with Crippen molar-refractivity contribution in [1.29, 1.82) is 0 Å². The third-order valence-electron chi connectivity index (χ3n) is 1.26. The molecular formula is C7H15NO2S. The quantitative estimate of drug-likeness (QED) is 0.608. The Hall–Kier alpha value is -0.380. The lowest BCUT2D eigenvalue weighted by molar-refractivity contribution is 0.135. The molecule has 0 unspecified atom stereocenters. The zero-order valence-corrected chi connectivity index (χ0v) is 8.11. The number of ether oxygens (including phenoxy) is 1. The summed E-state index contributed by atoms with van der Waals surface area (Å²) in [5, 5.41) is 0. The lowest BCUT2D eigenvalue weighted by Crippen LogP contribution is -2.28. The van der Waals surface area contributed by atoms with Crippen molar-refractivity contribution in [2.24, 2.45) is 0 Å². The highest BCUT2D eigenvalue weighted by atomic mass is 32.2. The molecule has 3 nitrogen and oxygen atoms in total. The maximum absolute atomic E-state index is 10.8. The predicted octanol–water partition coefficient (Wildman–Crippen LogP) is 1.44. The van der Waals surface area contributed by atoms with E-state index in [4.69, 9.17) is 0 Å². The Morgan fingerprint density at radius 3 is 2.73 bits per heavy atom. The fourth-order valence-corrected chi connectivity index (χ4v) is 1.28. The van der Waals surface area contributed by atoms with E-state index < -0.39 is 0 Å². The Morgan fingerprint density at radius 1 is 1.64 bits per heavy atom. The van der Waals surface area contributed by atoms with Gasteiger partial charge in [-0.15, -0.1) is 0 Å². The number of nitrogens with zero attached hydrogens (tertiary/aromatic N) is 1. The van der Waals surface area contributed by atoms with Crippen LogP contribution in [-0.2, 0) is 4.74 Å². The lowest BCUT2D eigenvalue weighted by atomic mass is 10.7. The average Bonchev–Trinajstić information content (AvgIpc) is 2.03. The third-order valence-corrected chi connectivity index (χ3v) is 2.14. The fraction of sp³-hybridized carbons (Fsp3) is 0.857. The summed E-state index contributed by atoms with van der Waals surface area (Å²) in [6, 6.07) is 0. The first-order chi connectivity index (χ1) is 5.22. The molecule has 0 atom stereocenters. The average molecular weight is 177 g/mol. The van der Waals surface area contributed by atoms with Crippen LogP contribution >= 0.6 is 11.8 Å². The van der Waals surface area contributed by atoms with Crippen LogP contribution in [0.3, 0.4) is 0 Å². The van der Waals surface area contributed by atoms with Gasteiger partial charge >= 0.3 is 6.09 Å². The van der Waals surface area contributed by atoms with Crippen molar-refractivity contribution in [1.82, 2.24) is 4.90 Å². The van der Waals surface area contributed by atoms with Gasteiger partial charge in [0.2, 0.25) is 0 Å². The number of hydrogen-bond acceptors (Lipinski definition) is 3. The third kappa shape index (κ3) is 4.95. The smallest absolute Gasteiger partial charge is 0.409 e. The second-order valence-electron chi connectivity index (χ2n) is 2.09. The predicted molar refractivity (Wildman–Crippen MR) is 48.0 cm³/mol. The van der Waals surface area contributed by atoms with Crippen molar-refractivity contribution in [3.8, 4) is 0 Å². The van der Waals surface area contributed by atoms with Crippen LogP contribution < -0.4 is 0 Å². The zero-order valence-electron chi connectivity index (χ0n) is 7.29. The molecule has 66 valence electrons. The van der Waals surface area contributed by atoms with Gasteiger partial charge in [0, 0.05) is 19.3 Å². The van der Waals surface area contributed by atoms with E-state index in [0.29, 0.717) is 0 Å². The van der Waals surface area contributed by atoms with Crippen LogP contribution in [0, 0.1) is 0 Å². The highest BCUT2D eigenvalue weighted by molar-refractivity contribution is 7.99. The SMILES string of the molecule is CCSCCN(C)C(=O)OC. The second-order valence-corrected chi connectivity index (χ2v) is 3.48. The van der Waals surface area contributed by atoms with Crippen molar-refractivity contribution in [3.63, 3.8) is 0 Å². The van der Waals surface area contributed by atoms with Crippen molar-refractivity contribution in [3.05, 3.63) is 0 Å². The maximum atomic E-state index is 10.8. The van der Waals surface area contributed by atoms with Gasteiger partial charge in [0.25, 0.3) is 0 Å². The molecule has 0 saturated carbocycles. The van der Waals surface area contributed by atoms with Crippen LogP contribution in [0.1, 0.15) is 6.92 Å². The van der Waals surface area contributed by atoms with E-state index in [2.05, 4.69) is 11.7 Å². The molecule has 0 aromatic rings. The number of amides is 1. The molecule has 11 heavy (non-hydrogen) atoms. The van der Waals surface area contributed by atoms with Crippen molar-refractivity contribution < 1.29 is 9.53 Å². The van der Waals surface area contributed by atoms with Crippen LogP contribution in [-0.4, -0.2) is 43.2 Å². The summed E-state index contributed by atoms with van der Waals surface area (Å²) in [4.78, 5) is 12.4. The standard InChI is InChI=1S/C7H15NO2S/c1-4-11-6-5-8(2)7(9)10-3/h4-6H2,1-3H3. The van der Waals surface area contributed by atoms with Crippen LogP contribution in [0.2, 0.25) is 0 Å². The Labute approximate surface area is 72.1 Å². The molecule has 0 bridgehead atoms. The highest BCUT2D eigenvalue weighted by Crippen LogP contribution is 1.99. The molecule has 0 heterocycles. The summed E-state index contributed by atoms with van der Waals surface area (Å²) in [5.74, 6) is 2.07. The van der Waals surface area contributed by atoms with Gasteiger partial charge in [-0.2, -0.15) is 11.8 Å². The summed E-state index contributed by atoms with van der Waals surface area (Å²) in [5.41, 5.74) is 0. The number of carbonyl (C=O) groups is 1. The molecular weight excluding hydrogens is 162 g/mol. The van der Waals surface area contributed by atoms with Gasteiger partial charge in [0.05, 0.1) is 7.11 Å². The van der Waals surface area contributed by atoms with Crippen molar-refractivity contribution in [2.75, 3.05) is 32.2 Å². The topological polar surface area (TPSA) is 29.5 Å². The van der Waals surface area contributed by atoms with E-state index in [0.717, 1.165) is 18.1 Å². The van der Waals surface area contributed by atoms with Gasteiger partial charge in [0.15, 0.2) is 0 Å². The van der Waals surface area contributed by atoms with E-state index in [1.54, 1.807) is 11.9 Å². The minimum absolute atomic E-state index is 0.262. The van der Waals surface area contributed by atoms with Gasteiger partial charge < -0.3 is 9.64 Å². The summed E-state index contributed by atoms with van der Waals surface area (Å²) in [7, 11) is 3.13. The van der Waals surface area contributed by atoms with Gasteiger partial charge in [-0.1, -0.05) is 6.92 Å². The molecule has 0 aromatic heterocycles. The summed E-state index contributed by atoms with van der Waals surface area (Å²) >= 11 is 1.81. The molecule has 0 aliphatic rings. The number of thioether (sulfide) groups is 1. The minimum atomic E-state index is -0.262. The number of methoxy groups -OCH3 is 1. The first-order valence-corrected chi connectivity index (χ1v) is 4.74. The Bertz CT molecular complexity index is 119. The van der Waals surface area contributed by atoms with Gasteiger partial charge in [-0.05, 0) is 5.75 Å². The molecule has 0 saturated heterocycles. The lowest BCUT2D eigenvalue weighted by Gasteiger charge is -2.14. The molecule has 0 N–H and O–H groups in total. The fourth-order valence-electron chi connectivity index (χ4n) is 0.593. The van der Waals surface area contributed by atoms with E-state index in [1.807, 2.05) is 11.8 Å². The second kappa shape index (κ2) is 6.34. The molecule has 0 spiro atoms. The monoisotopic (exact) mass is 177 g/mol. The first-order valence-electron chi connectivity index (χ1n) is 3.59.